The molecule has 5 nitrogen and oxygen atoms in total. The smallest absolute Gasteiger partial charge is 0.247 e. The SMILES string of the molecule is CNCCC(=O)NC(C)(C(N)=O)c1ccccc1. The monoisotopic (exact) mass is 249 g/mol. The van der Waals surface area contributed by atoms with Gasteiger partial charge in [-0.25, -0.2) is 0 Å². The molecule has 1 atom stereocenters. The first-order chi connectivity index (χ1) is 8.50. The van der Waals surface area contributed by atoms with Crippen LogP contribution >= 0.6 is 0 Å². The third kappa shape index (κ3) is 3.30. The van der Waals surface area contributed by atoms with Crippen LogP contribution in [0.15, 0.2) is 30.3 Å². The molecular weight excluding hydrogens is 230 g/mol. The van der Waals surface area contributed by atoms with Crippen molar-refractivity contribution in [2.24, 2.45) is 5.73 Å². The van der Waals surface area contributed by atoms with Gasteiger partial charge in [0.2, 0.25) is 11.8 Å². The maximum absolute atomic E-state index is 11.7. The molecule has 18 heavy (non-hydrogen) atoms. The molecule has 98 valence electrons. The van der Waals surface area contributed by atoms with Gasteiger partial charge in [-0.3, -0.25) is 9.59 Å². The highest BCUT2D eigenvalue weighted by atomic mass is 16.2. The van der Waals surface area contributed by atoms with E-state index in [0.29, 0.717) is 18.5 Å². The van der Waals surface area contributed by atoms with E-state index in [-0.39, 0.29) is 5.91 Å². The van der Waals surface area contributed by atoms with Crippen LogP contribution in [0.5, 0.6) is 0 Å². The van der Waals surface area contributed by atoms with Crippen molar-refractivity contribution in [1.82, 2.24) is 10.6 Å². The summed E-state index contributed by atoms with van der Waals surface area (Å²) in [6, 6.07) is 8.98. The van der Waals surface area contributed by atoms with Gasteiger partial charge in [0, 0.05) is 13.0 Å². The normalized spacial score (nSPS) is 13.7. The fourth-order valence-corrected chi connectivity index (χ4v) is 1.63. The molecule has 0 radical (unpaired) electrons. The minimum absolute atomic E-state index is 0.213. The largest absolute Gasteiger partial charge is 0.367 e. The number of carbonyl (C=O) groups is 2. The highest BCUT2D eigenvalue weighted by molar-refractivity contribution is 5.91. The van der Waals surface area contributed by atoms with Gasteiger partial charge < -0.3 is 16.4 Å². The second kappa shape index (κ2) is 6.16. The lowest BCUT2D eigenvalue weighted by Gasteiger charge is -2.28. The quantitative estimate of drug-likeness (QED) is 0.669. The fourth-order valence-electron chi connectivity index (χ4n) is 1.63. The van der Waals surface area contributed by atoms with E-state index in [9.17, 15) is 9.59 Å². The molecule has 4 N–H and O–H groups in total. The molecule has 0 aliphatic heterocycles. The summed E-state index contributed by atoms with van der Waals surface area (Å²) < 4.78 is 0. The van der Waals surface area contributed by atoms with Crippen LogP contribution in [0.3, 0.4) is 0 Å². The van der Waals surface area contributed by atoms with Gasteiger partial charge in [0.05, 0.1) is 0 Å². The zero-order chi connectivity index (χ0) is 13.6. The van der Waals surface area contributed by atoms with Crippen LogP contribution in [0.2, 0.25) is 0 Å². The van der Waals surface area contributed by atoms with Gasteiger partial charge in [0.25, 0.3) is 0 Å². The van der Waals surface area contributed by atoms with Crippen molar-refractivity contribution in [3.8, 4) is 0 Å². The average Bonchev–Trinajstić information content (AvgIpc) is 2.37. The molecule has 1 unspecified atom stereocenters. The number of hydrogen-bond acceptors (Lipinski definition) is 3. The summed E-state index contributed by atoms with van der Waals surface area (Å²) in [4.78, 5) is 23.4. The van der Waals surface area contributed by atoms with E-state index in [1.165, 1.54) is 0 Å². The zero-order valence-electron chi connectivity index (χ0n) is 10.7. The Kier molecular flexibility index (Phi) is 4.85. The predicted molar refractivity (Wildman–Crippen MR) is 69.7 cm³/mol. The van der Waals surface area contributed by atoms with Crippen LogP contribution in [0.25, 0.3) is 0 Å². The molecule has 0 aliphatic carbocycles. The van der Waals surface area contributed by atoms with Gasteiger partial charge in [0.1, 0.15) is 5.54 Å². The highest BCUT2D eigenvalue weighted by Crippen LogP contribution is 2.20. The molecule has 0 saturated heterocycles. The Morgan fingerprint density at radius 2 is 1.89 bits per heavy atom. The number of amides is 2. The molecule has 0 aliphatic rings. The first kappa shape index (κ1) is 14.2. The summed E-state index contributed by atoms with van der Waals surface area (Å²) in [5.74, 6) is -0.791. The van der Waals surface area contributed by atoms with Gasteiger partial charge >= 0.3 is 0 Å². The van der Waals surface area contributed by atoms with E-state index < -0.39 is 11.4 Å². The average molecular weight is 249 g/mol. The molecule has 5 heteroatoms. The molecule has 0 bridgehead atoms. The van der Waals surface area contributed by atoms with Crippen LogP contribution in [-0.4, -0.2) is 25.4 Å². The first-order valence-corrected chi connectivity index (χ1v) is 5.81. The first-order valence-electron chi connectivity index (χ1n) is 5.81. The second-order valence-electron chi connectivity index (χ2n) is 4.26. The molecule has 0 fully saturated rings. The van der Waals surface area contributed by atoms with Gasteiger partial charge in [-0.2, -0.15) is 0 Å². The predicted octanol–water partition coefficient (Wildman–Crippen LogP) is 0.113. The number of nitrogens with one attached hydrogen (secondary N) is 2. The lowest BCUT2D eigenvalue weighted by Crippen LogP contribution is -2.53. The summed E-state index contributed by atoms with van der Waals surface area (Å²) in [6.07, 6.45) is 0.298. The van der Waals surface area contributed by atoms with Crippen LogP contribution in [0, 0.1) is 0 Å². The lowest BCUT2D eigenvalue weighted by atomic mass is 9.91. The van der Waals surface area contributed by atoms with Crippen molar-refractivity contribution >= 4 is 11.8 Å². The number of hydrogen-bond donors (Lipinski definition) is 3. The topological polar surface area (TPSA) is 84.2 Å². The Labute approximate surface area is 107 Å². The van der Waals surface area contributed by atoms with Gasteiger partial charge in [-0.05, 0) is 19.5 Å². The van der Waals surface area contributed by atoms with Crippen molar-refractivity contribution in [2.75, 3.05) is 13.6 Å². The van der Waals surface area contributed by atoms with E-state index >= 15 is 0 Å². The minimum Gasteiger partial charge on any atom is -0.367 e. The van der Waals surface area contributed by atoms with Crippen LogP contribution in [0.4, 0.5) is 0 Å². The Hall–Kier alpha value is -1.88. The molecule has 1 aromatic rings. The Balaban J connectivity index is 2.89. The number of rotatable bonds is 6. The van der Waals surface area contributed by atoms with Gasteiger partial charge in [-0.1, -0.05) is 30.3 Å². The lowest BCUT2D eigenvalue weighted by molar-refractivity contribution is -0.131. The maximum Gasteiger partial charge on any atom is 0.247 e. The third-order valence-corrected chi connectivity index (χ3v) is 2.84. The molecule has 1 aromatic carbocycles. The van der Waals surface area contributed by atoms with Gasteiger partial charge in [-0.15, -0.1) is 0 Å². The fraction of sp³-hybridized carbons (Fsp3) is 0.385. The van der Waals surface area contributed by atoms with Crippen LogP contribution in [-0.2, 0) is 15.1 Å². The summed E-state index contributed by atoms with van der Waals surface area (Å²) in [6.45, 7) is 2.16. The summed E-state index contributed by atoms with van der Waals surface area (Å²) in [7, 11) is 1.76. The van der Waals surface area contributed by atoms with E-state index in [2.05, 4.69) is 10.6 Å². The molecule has 0 aromatic heterocycles. The van der Waals surface area contributed by atoms with Crippen molar-refractivity contribution in [1.29, 1.82) is 0 Å². The van der Waals surface area contributed by atoms with Gasteiger partial charge in [0.15, 0.2) is 0 Å². The van der Waals surface area contributed by atoms with E-state index in [1.807, 2.05) is 6.07 Å². The summed E-state index contributed by atoms with van der Waals surface area (Å²) >= 11 is 0. The zero-order valence-corrected chi connectivity index (χ0v) is 10.7. The second-order valence-corrected chi connectivity index (χ2v) is 4.26. The maximum atomic E-state index is 11.7. The Morgan fingerprint density at radius 3 is 2.39 bits per heavy atom. The molecule has 0 saturated carbocycles. The van der Waals surface area contributed by atoms with Crippen molar-refractivity contribution < 1.29 is 9.59 Å². The minimum atomic E-state index is -1.17. The highest BCUT2D eigenvalue weighted by Gasteiger charge is 2.34. The molecule has 0 heterocycles. The summed E-state index contributed by atoms with van der Waals surface area (Å²) in [5, 5.41) is 5.57. The number of carbonyl (C=O) groups excluding carboxylic acids is 2. The van der Waals surface area contributed by atoms with Crippen molar-refractivity contribution in [2.45, 2.75) is 18.9 Å². The Morgan fingerprint density at radius 1 is 1.28 bits per heavy atom. The van der Waals surface area contributed by atoms with Crippen LogP contribution in [0.1, 0.15) is 18.9 Å². The molecule has 0 spiro atoms. The van der Waals surface area contributed by atoms with Crippen molar-refractivity contribution in [3.05, 3.63) is 35.9 Å². The van der Waals surface area contributed by atoms with E-state index in [0.717, 1.165) is 0 Å². The van der Waals surface area contributed by atoms with E-state index in [4.69, 9.17) is 5.73 Å². The summed E-state index contributed by atoms with van der Waals surface area (Å²) in [5.41, 5.74) is 4.91. The number of benzene rings is 1. The molecule has 2 amide bonds. The molecule has 1 rings (SSSR count). The van der Waals surface area contributed by atoms with Crippen molar-refractivity contribution in [3.63, 3.8) is 0 Å². The number of primary amides is 1. The standard InChI is InChI=1S/C13H19N3O2/c1-13(12(14)18,10-6-4-3-5-7-10)16-11(17)8-9-15-2/h3-7,15H,8-9H2,1-2H3,(H2,14,18)(H,16,17). The van der Waals surface area contributed by atoms with Crippen LogP contribution < -0.4 is 16.4 Å². The van der Waals surface area contributed by atoms with E-state index in [1.54, 1.807) is 38.2 Å². The molecular formula is C13H19N3O2. The Bertz CT molecular complexity index is 420. The third-order valence-electron chi connectivity index (χ3n) is 2.84. The number of nitrogens with two attached hydrogens (primary N) is 1.